The summed E-state index contributed by atoms with van der Waals surface area (Å²) in [6.07, 6.45) is 0.684. The van der Waals surface area contributed by atoms with Gasteiger partial charge in [-0.2, -0.15) is 0 Å². The molecule has 4 rings (SSSR count). The minimum absolute atomic E-state index is 0. The molecule has 7 atom stereocenters. The van der Waals surface area contributed by atoms with E-state index in [4.69, 9.17) is 0 Å². The molecule has 0 aromatic heterocycles. The monoisotopic (exact) mass is 483 g/mol. The Balaban J connectivity index is 0.00000324. The molecule has 2 N–H and O–H groups in total. The highest BCUT2D eigenvalue weighted by atomic mass is 32.2. The van der Waals surface area contributed by atoms with Gasteiger partial charge in [0.2, 0.25) is 11.8 Å². The third kappa shape index (κ3) is 4.32. The zero-order valence-electron chi connectivity index (χ0n) is 19.3. The Morgan fingerprint density at radius 1 is 1.36 bits per heavy atom. The number of halogens is 1. The first kappa shape index (κ1) is 24.2. The molecule has 0 aromatic rings. The maximum atomic E-state index is 13.5. The maximum absolute atomic E-state index is 13.5. The Kier molecular flexibility index (Phi) is 6.87. The van der Waals surface area contributed by atoms with Gasteiger partial charge in [-0.05, 0) is 18.8 Å². The number of nitrogens with one attached hydrogen (secondary N) is 1. The van der Waals surface area contributed by atoms with Crippen LogP contribution in [-0.2, 0) is 19.2 Å². The van der Waals surface area contributed by atoms with E-state index in [2.05, 4.69) is 5.32 Å². The zero-order valence-corrected chi connectivity index (χ0v) is 20.1. The highest BCUT2D eigenvalue weighted by Gasteiger charge is 2.60. The fraction of sp³-hybridized carbons (Fsp3) is 0.739. The second-order valence-corrected chi connectivity index (χ2v) is 11.1. The minimum atomic E-state index is -1.12. The Bertz CT molecular complexity index is 902. The van der Waals surface area contributed by atoms with Crippen LogP contribution in [0, 0.1) is 17.8 Å². The van der Waals surface area contributed by atoms with Crippen LogP contribution < -0.4 is 5.32 Å². The summed E-state index contributed by atoms with van der Waals surface area (Å²) in [5.74, 6) is -1.98. The number of nitrogens with zero attached hydrogens (tertiary/aromatic N) is 2. The molecule has 10 heteroatoms. The molecule has 33 heavy (non-hydrogen) atoms. The second kappa shape index (κ2) is 9.37. The van der Waals surface area contributed by atoms with E-state index in [1.807, 2.05) is 13.8 Å². The van der Waals surface area contributed by atoms with Crippen LogP contribution in [0.25, 0.3) is 0 Å². The molecule has 4 aliphatic rings. The van der Waals surface area contributed by atoms with Crippen LogP contribution in [0.3, 0.4) is 0 Å². The molecular formula is C23H34FN3O5S. The average molecular weight is 484 g/mol. The Morgan fingerprint density at radius 2 is 2.09 bits per heavy atom. The highest BCUT2D eigenvalue weighted by molar-refractivity contribution is 8.03. The van der Waals surface area contributed by atoms with E-state index in [9.17, 15) is 28.7 Å². The number of Topliss-reactive ketones (excluding diaryl/α,β-unsaturated/α-hetero) is 1. The van der Waals surface area contributed by atoms with Gasteiger partial charge in [0.05, 0.1) is 24.5 Å². The highest BCUT2D eigenvalue weighted by Crippen LogP contribution is 2.53. The van der Waals surface area contributed by atoms with Crippen molar-refractivity contribution >= 4 is 35.3 Å². The Morgan fingerprint density at radius 3 is 2.70 bits per heavy atom. The van der Waals surface area contributed by atoms with E-state index in [-0.39, 0.29) is 60.3 Å². The molecule has 2 amide bonds. The van der Waals surface area contributed by atoms with Gasteiger partial charge in [0, 0.05) is 43.4 Å². The number of likely N-dealkylation sites (tertiary alicyclic amines) is 1. The molecular weight excluding hydrogens is 449 g/mol. The largest absolute Gasteiger partial charge is 0.477 e. The van der Waals surface area contributed by atoms with Crippen molar-refractivity contribution < 1.29 is 30.1 Å². The molecule has 184 valence electrons. The number of carbonyl (C=O) groups is 4. The van der Waals surface area contributed by atoms with Gasteiger partial charge in [-0.3, -0.25) is 14.4 Å². The zero-order chi connectivity index (χ0) is 24.0. The summed E-state index contributed by atoms with van der Waals surface area (Å²) < 4.78 is 13.5. The van der Waals surface area contributed by atoms with Crippen molar-refractivity contribution in [3.63, 3.8) is 0 Å². The number of thioether (sulfide) groups is 1. The molecule has 0 aromatic carbocycles. The van der Waals surface area contributed by atoms with Crippen LogP contribution in [0.5, 0.6) is 0 Å². The van der Waals surface area contributed by atoms with Gasteiger partial charge < -0.3 is 20.2 Å². The molecule has 1 unspecified atom stereocenters. The molecule has 0 saturated carbocycles. The van der Waals surface area contributed by atoms with Gasteiger partial charge >= 0.3 is 5.97 Å². The minimum Gasteiger partial charge on any atom is -0.477 e. The lowest BCUT2D eigenvalue weighted by Crippen LogP contribution is -2.62. The van der Waals surface area contributed by atoms with Crippen LogP contribution in [0.1, 0.15) is 47.9 Å². The number of carboxylic acids is 1. The fourth-order valence-corrected chi connectivity index (χ4v) is 7.18. The molecule has 3 saturated heterocycles. The van der Waals surface area contributed by atoms with E-state index < -0.39 is 18.2 Å². The molecule has 4 aliphatic heterocycles. The molecule has 0 spiro atoms. The number of aliphatic carboxylic acids is 1. The summed E-state index contributed by atoms with van der Waals surface area (Å²) >= 11 is 1.44. The van der Waals surface area contributed by atoms with E-state index in [0.29, 0.717) is 43.7 Å². The van der Waals surface area contributed by atoms with Crippen LogP contribution in [0.15, 0.2) is 10.6 Å². The van der Waals surface area contributed by atoms with Gasteiger partial charge in [-0.1, -0.05) is 20.8 Å². The summed E-state index contributed by atoms with van der Waals surface area (Å²) in [5.41, 5.74) is 0.0439. The summed E-state index contributed by atoms with van der Waals surface area (Å²) in [6.45, 7) is 6.75. The first-order valence-corrected chi connectivity index (χ1v) is 12.7. The van der Waals surface area contributed by atoms with Crippen LogP contribution >= 0.6 is 11.8 Å². The van der Waals surface area contributed by atoms with Crippen molar-refractivity contribution in [2.75, 3.05) is 19.6 Å². The van der Waals surface area contributed by atoms with Crippen molar-refractivity contribution in [2.45, 2.75) is 70.0 Å². The second-order valence-electron chi connectivity index (χ2n) is 9.71. The predicted octanol–water partition coefficient (Wildman–Crippen LogP) is 2.04. The van der Waals surface area contributed by atoms with Gasteiger partial charge in [-0.25, -0.2) is 9.18 Å². The first-order chi connectivity index (χ1) is 15.6. The normalized spacial score (nSPS) is 34.5. The summed E-state index contributed by atoms with van der Waals surface area (Å²) in [5, 5.41) is 13.1. The number of ketones is 1. The number of rotatable bonds is 8. The van der Waals surface area contributed by atoms with Crippen molar-refractivity contribution in [3.05, 3.63) is 10.6 Å². The number of carbonyl (C=O) groups excluding carboxylic acids is 3. The first-order valence-electron chi connectivity index (χ1n) is 11.8. The number of carboxylic acid groups (broad SMARTS) is 1. The third-order valence-corrected chi connectivity index (χ3v) is 8.98. The molecule has 0 aliphatic carbocycles. The van der Waals surface area contributed by atoms with E-state index >= 15 is 0 Å². The van der Waals surface area contributed by atoms with Crippen LogP contribution in [0.4, 0.5) is 4.39 Å². The number of fused-ring (bicyclic) bond motifs is 1. The molecule has 0 bridgehead atoms. The van der Waals surface area contributed by atoms with Crippen molar-refractivity contribution in [1.29, 1.82) is 0 Å². The summed E-state index contributed by atoms with van der Waals surface area (Å²) in [4.78, 5) is 53.3. The molecule has 0 radical (unpaired) electrons. The maximum Gasteiger partial charge on any atom is 0.353 e. The number of β-lactam (4-membered cyclic amide) rings is 1. The number of amides is 2. The lowest BCUT2D eigenvalue weighted by Gasteiger charge is -2.47. The quantitative estimate of drug-likeness (QED) is 0.509. The average Bonchev–Trinajstić information content (AvgIpc) is 3.46. The lowest BCUT2D eigenvalue weighted by molar-refractivity contribution is -0.160. The van der Waals surface area contributed by atoms with Gasteiger partial charge in [-0.15, -0.1) is 11.8 Å². The van der Waals surface area contributed by atoms with Crippen LogP contribution in [0.2, 0.25) is 0 Å². The number of hydrogen-bond donors (Lipinski definition) is 2. The Labute approximate surface area is 198 Å². The van der Waals surface area contributed by atoms with E-state index in [0.717, 1.165) is 0 Å². The standard InChI is InChI=1S/C23H32FN3O5S.H2/c1-4-14(28)7-11(2)17-18-12(3)20(19(23(31)32)27(18)22(17)30)33-15-8-16(25-9-15)21(29)26-6-5-13(24)10-26;/h11-13,15-18,25H,4-10H2,1-3H3,(H,31,32);1H/t11-,12+,13-,15-,16-,17+,18?;/m0./s1. The number of alkyl halides is 1. The fourth-order valence-electron chi connectivity index (χ4n) is 5.70. The number of hydrogen-bond acceptors (Lipinski definition) is 6. The van der Waals surface area contributed by atoms with Crippen molar-refractivity contribution in [3.8, 4) is 0 Å². The third-order valence-electron chi connectivity index (χ3n) is 7.47. The van der Waals surface area contributed by atoms with E-state index in [1.165, 1.54) is 16.7 Å². The smallest absolute Gasteiger partial charge is 0.353 e. The van der Waals surface area contributed by atoms with Gasteiger partial charge in [0.1, 0.15) is 17.7 Å². The Hall–Kier alpha value is -1.94. The lowest BCUT2D eigenvalue weighted by atomic mass is 9.73. The van der Waals surface area contributed by atoms with E-state index in [1.54, 1.807) is 11.8 Å². The molecule has 8 nitrogen and oxygen atoms in total. The summed E-state index contributed by atoms with van der Waals surface area (Å²) in [7, 11) is 0. The van der Waals surface area contributed by atoms with Crippen molar-refractivity contribution in [1.82, 2.24) is 15.1 Å². The molecule has 4 heterocycles. The van der Waals surface area contributed by atoms with Crippen molar-refractivity contribution in [2.24, 2.45) is 17.8 Å². The SMILES string of the molecule is CCC(=O)C[C@H](C)[C@H]1C(=O)N2C(C(=O)O)=C(S[C@@H]3CN[C@H](C(=O)N4CC[C@H](F)C4)C3)[C@H](C)C12.[HH]. The van der Waals surface area contributed by atoms with Gasteiger partial charge in [0.15, 0.2) is 0 Å². The van der Waals surface area contributed by atoms with Crippen LogP contribution in [-0.4, -0.2) is 81.6 Å². The van der Waals surface area contributed by atoms with Gasteiger partial charge in [0.25, 0.3) is 0 Å². The predicted molar refractivity (Wildman–Crippen MR) is 123 cm³/mol. The topological polar surface area (TPSA) is 107 Å². The molecule has 3 fully saturated rings. The summed E-state index contributed by atoms with van der Waals surface area (Å²) in [6, 6.07) is -0.645.